The minimum atomic E-state index is -4.54. The van der Waals surface area contributed by atoms with Crippen molar-refractivity contribution in [2.75, 3.05) is 4.90 Å². The van der Waals surface area contributed by atoms with Crippen LogP contribution in [-0.2, 0) is 22.1 Å². The van der Waals surface area contributed by atoms with Crippen molar-refractivity contribution in [2.24, 2.45) is 0 Å². The number of fused-ring (bicyclic) bond motifs is 1. The van der Waals surface area contributed by atoms with Crippen LogP contribution in [0.15, 0.2) is 48.5 Å². The Morgan fingerprint density at radius 3 is 2.15 bits per heavy atom. The third-order valence-electron chi connectivity index (χ3n) is 4.30. The number of hydrogen-bond acceptors (Lipinski definition) is 3. The molecule has 0 saturated heterocycles. The molecule has 2 amide bonds. The van der Waals surface area contributed by atoms with Crippen LogP contribution in [0.3, 0.4) is 0 Å². The van der Waals surface area contributed by atoms with E-state index in [9.17, 15) is 22.8 Å². The summed E-state index contributed by atoms with van der Waals surface area (Å²) in [4.78, 5) is 26.5. The van der Waals surface area contributed by atoms with Crippen LogP contribution in [0, 0.1) is 0 Å². The molecule has 9 heteroatoms. The summed E-state index contributed by atoms with van der Waals surface area (Å²) in [6, 6.07) is 10.7. The van der Waals surface area contributed by atoms with Gasteiger partial charge in [-0.1, -0.05) is 44.9 Å². The molecule has 1 aliphatic rings. The van der Waals surface area contributed by atoms with Crippen molar-refractivity contribution in [1.29, 1.82) is 0 Å². The van der Waals surface area contributed by atoms with E-state index in [1.54, 1.807) is 51.1 Å². The van der Waals surface area contributed by atoms with E-state index in [-0.39, 0.29) is 12.1 Å². The molecule has 2 radical (unpaired) electrons. The third kappa shape index (κ3) is 7.54. The van der Waals surface area contributed by atoms with E-state index in [0.29, 0.717) is 11.3 Å². The Kier molecular flexibility index (Phi) is 10.0. The Balaban J connectivity index is 0.00000129. The normalized spacial score (nSPS) is 15.2. The first-order valence-corrected chi connectivity index (χ1v) is 10.6. The van der Waals surface area contributed by atoms with E-state index in [1.165, 1.54) is 17.8 Å². The molecule has 178 valence electrons. The number of hydrogen-bond donors (Lipinski definition) is 1. The first kappa shape index (κ1) is 28.1. The van der Waals surface area contributed by atoms with Gasteiger partial charge in [-0.2, -0.15) is 13.2 Å². The smallest absolute Gasteiger partial charge is 0.416 e. The lowest BCUT2D eigenvalue weighted by atomic mass is 9.94. The van der Waals surface area contributed by atoms with Crippen LogP contribution in [0.25, 0.3) is 0 Å². The SMILES string of the molecule is CC.CC(C)(C)OC(=O)NC1Cc2ccc(C(F)(F)F)cc2N(c2ccccc2)C1=O.[B]C. The zero-order valence-electron chi connectivity index (χ0n) is 19.8. The molecule has 0 fully saturated rings. The van der Waals surface area contributed by atoms with Crippen LogP contribution in [0.4, 0.5) is 29.3 Å². The number of halogens is 3. The van der Waals surface area contributed by atoms with Crippen LogP contribution in [-0.4, -0.2) is 31.5 Å². The molecule has 2 aromatic rings. The number of carbonyl (C=O) groups is 2. The fourth-order valence-corrected chi connectivity index (χ4v) is 3.11. The Bertz CT molecular complexity index is 929. The largest absolute Gasteiger partial charge is 0.444 e. The first-order chi connectivity index (χ1) is 15.5. The highest BCUT2D eigenvalue weighted by molar-refractivity contribution is 6.07. The monoisotopic (exact) mass is 462 g/mol. The molecule has 1 heterocycles. The molecule has 1 atom stereocenters. The average Bonchev–Trinajstić information content (AvgIpc) is 2.75. The molecule has 0 aliphatic carbocycles. The standard InChI is InChI=1S/C21H21F3N2O3.C2H6.CH3B/c1-20(2,3)29-19(28)25-16-11-13-9-10-14(21(22,23)24)12-17(13)26(18(16)27)15-7-5-4-6-8-15;2*1-2/h4-10,12,16H,11H2,1-3H3,(H,25,28);1-2H3;1H3. The topological polar surface area (TPSA) is 58.6 Å². The maximum Gasteiger partial charge on any atom is 0.416 e. The van der Waals surface area contributed by atoms with Crippen LogP contribution in [0.1, 0.15) is 45.7 Å². The van der Waals surface area contributed by atoms with Gasteiger partial charge in [-0.3, -0.25) is 9.69 Å². The molecule has 0 bridgehead atoms. The maximum atomic E-state index is 13.2. The quantitative estimate of drug-likeness (QED) is 0.553. The summed E-state index contributed by atoms with van der Waals surface area (Å²) in [5.74, 6) is -0.533. The minimum Gasteiger partial charge on any atom is -0.444 e. The molecule has 0 aromatic heterocycles. The van der Waals surface area contributed by atoms with Crippen molar-refractivity contribution in [1.82, 2.24) is 5.32 Å². The van der Waals surface area contributed by atoms with Gasteiger partial charge in [0, 0.05) is 12.1 Å². The highest BCUT2D eigenvalue weighted by Crippen LogP contribution is 2.39. The number of alkyl carbamates (subject to hydrolysis) is 1. The molecule has 3 rings (SSSR count). The van der Waals surface area contributed by atoms with Crippen molar-refractivity contribution in [3.05, 3.63) is 59.7 Å². The highest BCUT2D eigenvalue weighted by atomic mass is 19.4. The number of nitrogens with one attached hydrogen (secondary N) is 1. The minimum absolute atomic E-state index is 0.0644. The van der Waals surface area contributed by atoms with Gasteiger partial charge in [-0.15, -0.1) is 0 Å². The lowest BCUT2D eigenvalue weighted by Crippen LogP contribution is -2.52. The van der Waals surface area contributed by atoms with Crippen molar-refractivity contribution < 1.29 is 27.5 Å². The number of rotatable bonds is 2. The molecule has 1 unspecified atom stereocenters. The summed E-state index contributed by atoms with van der Waals surface area (Å²) in [7, 11) is 4.50. The van der Waals surface area contributed by atoms with E-state index in [0.717, 1.165) is 12.1 Å². The van der Waals surface area contributed by atoms with Crippen molar-refractivity contribution in [3.8, 4) is 0 Å². The van der Waals surface area contributed by atoms with Crippen LogP contribution in [0.2, 0.25) is 6.82 Å². The van der Waals surface area contributed by atoms with Gasteiger partial charge in [0.25, 0.3) is 5.91 Å². The van der Waals surface area contributed by atoms with Gasteiger partial charge in [-0.05, 0) is 50.6 Å². The number of ether oxygens (including phenoxy) is 1. The summed E-state index contributed by atoms with van der Waals surface area (Å²) in [6.45, 7) is 10.6. The molecule has 33 heavy (non-hydrogen) atoms. The number of carbonyl (C=O) groups excluding carboxylic acids is 2. The highest BCUT2D eigenvalue weighted by Gasteiger charge is 2.38. The van der Waals surface area contributed by atoms with Gasteiger partial charge in [0.05, 0.1) is 19.1 Å². The van der Waals surface area contributed by atoms with Gasteiger partial charge in [0.15, 0.2) is 0 Å². The van der Waals surface area contributed by atoms with Crippen molar-refractivity contribution in [2.45, 2.75) is 65.7 Å². The fourth-order valence-electron chi connectivity index (χ4n) is 3.11. The summed E-state index contributed by atoms with van der Waals surface area (Å²) in [5.41, 5.74) is -0.515. The lowest BCUT2D eigenvalue weighted by Gasteiger charge is -2.35. The zero-order valence-corrected chi connectivity index (χ0v) is 19.8. The van der Waals surface area contributed by atoms with E-state index in [2.05, 4.69) is 13.2 Å². The molecular formula is C24H30BF3N2O3. The number of alkyl halides is 3. The molecule has 5 nitrogen and oxygen atoms in total. The van der Waals surface area contributed by atoms with Gasteiger partial charge in [0.1, 0.15) is 11.6 Å². The number of amides is 2. The summed E-state index contributed by atoms with van der Waals surface area (Å²) in [5, 5.41) is 2.54. The average molecular weight is 462 g/mol. The fraction of sp³-hybridized carbons (Fsp3) is 0.417. The van der Waals surface area contributed by atoms with Crippen LogP contribution in [0.5, 0.6) is 0 Å². The van der Waals surface area contributed by atoms with E-state index in [4.69, 9.17) is 4.74 Å². The number of nitrogens with zero attached hydrogens (tertiary/aromatic N) is 1. The van der Waals surface area contributed by atoms with Crippen LogP contribution < -0.4 is 10.2 Å². The Labute approximate surface area is 194 Å². The van der Waals surface area contributed by atoms with Crippen molar-refractivity contribution >= 4 is 31.2 Å². The summed E-state index contributed by atoms with van der Waals surface area (Å²) in [6.07, 6.45) is -5.24. The second-order valence-corrected chi connectivity index (χ2v) is 7.75. The van der Waals surface area contributed by atoms with Gasteiger partial charge < -0.3 is 10.1 Å². The molecule has 1 N–H and O–H groups in total. The molecule has 0 saturated carbocycles. The van der Waals surface area contributed by atoms with Gasteiger partial charge in [0.2, 0.25) is 0 Å². The summed E-state index contributed by atoms with van der Waals surface area (Å²) >= 11 is 0. The van der Waals surface area contributed by atoms with E-state index in [1.807, 2.05) is 13.8 Å². The predicted molar refractivity (Wildman–Crippen MR) is 125 cm³/mol. The lowest BCUT2D eigenvalue weighted by molar-refractivity contribution is -0.137. The second kappa shape index (κ2) is 11.8. The zero-order chi connectivity index (χ0) is 25.4. The molecule has 1 aliphatic heterocycles. The molecule has 2 aromatic carbocycles. The van der Waals surface area contributed by atoms with Gasteiger partial charge in [-0.25, -0.2) is 4.79 Å². The Hall–Kier alpha value is -2.97. The molecular weight excluding hydrogens is 432 g/mol. The number of para-hydroxylation sites is 1. The van der Waals surface area contributed by atoms with E-state index < -0.39 is 35.4 Å². The summed E-state index contributed by atoms with van der Waals surface area (Å²) < 4.78 is 44.9. The first-order valence-electron chi connectivity index (χ1n) is 10.6. The predicted octanol–water partition coefficient (Wildman–Crippen LogP) is 6.05. The third-order valence-corrected chi connectivity index (χ3v) is 4.30. The Morgan fingerprint density at radius 1 is 1.06 bits per heavy atom. The molecule has 0 spiro atoms. The Morgan fingerprint density at radius 2 is 1.64 bits per heavy atom. The maximum absolute atomic E-state index is 13.2. The van der Waals surface area contributed by atoms with Crippen LogP contribution >= 0.6 is 0 Å². The van der Waals surface area contributed by atoms with Gasteiger partial charge >= 0.3 is 12.3 Å². The number of anilines is 2. The number of benzene rings is 2. The van der Waals surface area contributed by atoms with Crippen molar-refractivity contribution in [3.63, 3.8) is 0 Å². The van der Waals surface area contributed by atoms with E-state index >= 15 is 0 Å². The second-order valence-electron chi connectivity index (χ2n) is 7.75.